The Balaban J connectivity index is 1.48. The van der Waals surface area contributed by atoms with E-state index in [4.69, 9.17) is 5.73 Å². The zero-order valence-corrected chi connectivity index (χ0v) is 15.2. The summed E-state index contributed by atoms with van der Waals surface area (Å²) >= 11 is 0. The van der Waals surface area contributed by atoms with Crippen LogP contribution in [0.25, 0.3) is 0 Å². The Morgan fingerprint density at radius 1 is 1.19 bits per heavy atom. The summed E-state index contributed by atoms with van der Waals surface area (Å²) in [5.74, 6) is 3.33. The number of phenolic OH excluding ortho intramolecular Hbond substituents is 1. The van der Waals surface area contributed by atoms with Gasteiger partial charge in [-0.15, -0.1) is 0 Å². The van der Waals surface area contributed by atoms with Crippen molar-refractivity contribution >= 4 is 12.2 Å². The van der Waals surface area contributed by atoms with Gasteiger partial charge >= 0.3 is 0 Å². The molecule has 0 spiro atoms. The summed E-state index contributed by atoms with van der Waals surface area (Å²) in [6.07, 6.45) is 11.7. The van der Waals surface area contributed by atoms with E-state index >= 15 is 0 Å². The number of nitrogen functional groups attached to an aromatic ring is 1. The maximum absolute atomic E-state index is 10.3. The van der Waals surface area contributed by atoms with E-state index in [0.717, 1.165) is 29.0 Å². The van der Waals surface area contributed by atoms with Crippen LogP contribution in [0.15, 0.2) is 29.5 Å². The minimum absolute atomic E-state index is 0.262. The van der Waals surface area contributed by atoms with Crippen LogP contribution >= 0.6 is 0 Å². The predicted octanol–water partition coefficient (Wildman–Crippen LogP) is 3.83. The first-order valence-corrected chi connectivity index (χ1v) is 9.70. The molecule has 1 aromatic heterocycles. The zero-order chi connectivity index (χ0) is 17.9. The van der Waals surface area contributed by atoms with Gasteiger partial charge in [0.15, 0.2) is 0 Å². The summed E-state index contributed by atoms with van der Waals surface area (Å²) in [7, 11) is 0. The Kier molecular flexibility index (Phi) is 3.43. The van der Waals surface area contributed by atoms with Crippen LogP contribution in [0.1, 0.15) is 55.3 Å². The second kappa shape index (κ2) is 5.60. The molecule has 5 nitrogen and oxygen atoms in total. The van der Waals surface area contributed by atoms with Crippen molar-refractivity contribution in [2.24, 2.45) is 22.9 Å². The lowest BCUT2D eigenvalue weighted by atomic mass is 9.48. The SMILES string of the molecule is Cc1cn(N=Cc2cc(C34CC5CC(CC(C5)C3)C4)ccc2O)c(N)n1. The van der Waals surface area contributed by atoms with Gasteiger partial charge in [0, 0.05) is 5.56 Å². The number of aromatic nitrogens is 2. The van der Waals surface area contributed by atoms with E-state index in [0.29, 0.717) is 11.4 Å². The average molecular weight is 350 g/mol. The number of hydrogen-bond donors (Lipinski definition) is 2. The van der Waals surface area contributed by atoms with Crippen LogP contribution in [-0.2, 0) is 5.41 Å². The molecule has 0 saturated heterocycles. The van der Waals surface area contributed by atoms with Crippen LogP contribution < -0.4 is 5.73 Å². The summed E-state index contributed by atoms with van der Waals surface area (Å²) in [5, 5.41) is 14.7. The first-order chi connectivity index (χ1) is 12.5. The molecular weight excluding hydrogens is 324 g/mol. The summed E-state index contributed by atoms with van der Waals surface area (Å²) in [6.45, 7) is 1.88. The summed E-state index contributed by atoms with van der Waals surface area (Å²) < 4.78 is 1.55. The van der Waals surface area contributed by atoms with E-state index in [1.54, 1.807) is 17.1 Å². The number of phenols is 1. The van der Waals surface area contributed by atoms with Crippen LogP contribution in [0.2, 0.25) is 0 Å². The van der Waals surface area contributed by atoms with Crippen LogP contribution in [0.3, 0.4) is 0 Å². The van der Waals surface area contributed by atoms with Gasteiger partial charge in [0.2, 0.25) is 5.95 Å². The normalized spacial score (nSPS) is 32.6. The fourth-order valence-electron chi connectivity index (χ4n) is 6.17. The van der Waals surface area contributed by atoms with Crippen molar-refractivity contribution in [1.29, 1.82) is 0 Å². The molecule has 26 heavy (non-hydrogen) atoms. The highest BCUT2D eigenvalue weighted by Gasteiger charge is 2.51. The minimum Gasteiger partial charge on any atom is -0.507 e. The van der Waals surface area contributed by atoms with Crippen molar-refractivity contribution in [3.05, 3.63) is 41.2 Å². The van der Waals surface area contributed by atoms with Crippen molar-refractivity contribution in [1.82, 2.24) is 9.66 Å². The van der Waals surface area contributed by atoms with Gasteiger partial charge in [0.25, 0.3) is 0 Å². The highest BCUT2D eigenvalue weighted by molar-refractivity contribution is 5.83. The Morgan fingerprint density at radius 3 is 2.42 bits per heavy atom. The molecule has 4 bridgehead atoms. The lowest BCUT2D eigenvalue weighted by Crippen LogP contribution is -2.48. The van der Waals surface area contributed by atoms with Gasteiger partial charge in [-0.2, -0.15) is 5.10 Å². The molecule has 0 radical (unpaired) electrons. The number of anilines is 1. The molecular formula is C21H26N4O. The predicted molar refractivity (Wildman–Crippen MR) is 102 cm³/mol. The largest absolute Gasteiger partial charge is 0.507 e. The van der Waals surface area contributed by atoms with Crippen molar-refractivity contribution < 1.29 is 5.11 Å². The van der Waals surface area contributed by atoms with Gasteiger partial charge in [0.05, 0.1) is 18.1 Å². The fourth-order valence-corrected chi connectivity index (χ4v) is 6.17. The molecule has 1 aromatic carbocycles. The van der Waals surface area contributed by atoms with Crippen LogP contribution in [0, 0.1) is 24.7 Å². The molecule has 2 aromatic rings. The first kappa shape index (κ1) is 15.9. The van der Waals surface area contributed by atoms with Crippen molar-refractivity contribution in [2.75, 3.05) is 5.73 Å². The maximum Gasteiger partial charge on any atom is 0.221 e. The van der Waals surface area contributed by atoms with Crippen molar-refractivity contribution in [2.45, 2.75) is 50.9 Å². The Bertz CT molecular complexity index is 847. The average Bonchev–Trinajstić information content (AvgIpc) is 2.90. The number of rotatable bonds is 3. The molecule has 4 saturated carbocycles. The van der Waals surface area contributed by atoms with Crippen LogP contribution in [-0.4, -0.2) is 21.0 Å². The quantitative estimate of drug-likeness (QED) is 0.826. The van der Waals surface area contributed by atoms with Crippen molar-refractivity contribution in [3.63, 3.8) is 0 Å². The van der Waals surface area contributed by atoms with Gasteiger partial charge in [-0.3, -0.25) is 0 Å². The third-order valence-corrected chi connectivity index (χ3v) is 6.83. The Hall–Kier alpha value is -2.30. The molecule has 4 aliphatic rings. The fraction of sp³-hybridized carbons (Fsp3) is 0.524. The third-order valence-electron chi connectivity index (χ3n) is 6.83. The van der Waals surface area contributed by atoms with E-state index in [1.165, 1.54) is 44.1 Å². The lowest BCUT2D eigenvalue weighted by molar-refractivity contribution is -0.00520. The van der Waals surface area contributed by atoms with E-state index < -0.39 is 0 Å². The Morgan fingerprint density at radius 2 is 1.85 bits per heavy atom. The number of benzene rings is 1. The number of aryl methyl sites for hydroxylation is 1. The van der Waals surface area contributed by atoms with Gasteiger partial charge < -0.3 is 10.8 Å². The standard InChI is InChI=1S/C21H26N4O/c1-13-12-25(20(22)24-13)23-11-17-7-18(2-3-19(17)26)21-8-14-4-15(9-21)6-16(5-14)10-21/h2-3,7,11-12,14-16,26H,4-6,8-10H2,1H3,(H2,22,24). The van der Waals surface area contributed by atoms with E-state index in [-0.39, 0.29) is 5.75 Å². The molecule has 5 heteroatoms. The number of nitrogens with two attached hydrogens (primary N) is 1. The zero-order valence-electron chi connectivity index (χ0n) is 15.2. The molecule has 0 unspecified atom stereocenters. The Labute approximate surface area is 153 Å². The highest BCUT2D eigenvalue weighted by atomic mass is 16.3. The molecule has 136 valence electrons. The molecule has 4 aliphatic carbocycles. The maximum atomic E-state index is 10.3. The van der Waals surface area contributed by atoms with Crippen molar-refractivity contribution in [3.8, 4) is 5.75 Å². The molecule has 0 amide bonds. The summed E-state index contributed by atoms with van der Waals surface area (Å²) in [5.41, 5.74) is 9.13. The molecule has 0 aliphatic heterocycles. The van der Waals surface area contributed by atoms with E-state index in [1.807, 2.05) is 13.0 Å². The second-order valence-electron chi connectivity index (χ2n) is 8.80. The third kappa shape index (κ3) is 2.52. The summed E-state index contributed by atoms with van der Waals surface area (Å²) in [4.78, 5) is 4.15. The molecule has 1 heterocycles. The molecule has 4 fully saturated rings. The first-order valence-electron chi connectivity index (χ1n) is 9.70. The second-order valence-corrected chi connectivity index (χ2v) is 8.80. The van der Waals surface area contributed by atoms with E-state index in [9.17, 15) is 5.11 Å². The number of hydrogen-bond acceptors (Lipinski definition) is 4. The van der Waals surface area contributed by atoms with Gasteiger partial charge in [0.1, 0.15) is 5.75 Å². The number of nitrogens with zero attached hydrogens (tertiary/aromatic N) is 3. The highest BCUT2D eigenvalue weighted by Crippen LogP contribution is 2.60. The lowest BCUT2D eigenvalue weighted by Gasteiger charge is -2.57. The van der Waals surface area contributed by atoms with Gasteiger partial charge in [-0.05, 0) is 86.3 Å². The van der Waals surface area contributed by atoms with Crippen LogP contribution in [0.4, 0.5) is 5.95 Å². The minimum atomic E-state index is 0.262. The number of aromatic hydroxyl groups is 1. The monoisotopic (exact) mass is 350 g/mol. The molecule has 3 N–H and O–H groups in total. The number of imidazole rings is 1. The molecule has 6 rings (SSSR count). The van der Waals surface area contributed by atoms with E-state index in [2.05, 4.69) is 22.2 Å². The topological polar surface area (TPSA) is 76.4 Å². The smallest absolute Gasteiger partial charge is 0.221 e. The van der Waals surface area contributed by atoms with Crippen LogP contribution in [0.5, 0.6) is 5.75 Å². The molecule has 0 atom stereocenters. The summed E-state index contributed by atoms with van der Waals surface area (Å²) in [6, 6.07) is 6.11. The van der Waals surface area contributed by atoms with Gasteiger partial charge in [-0.25, -0.2) is 9.66 Å². The van der Waals surface area contributed by atoms with Gasteiger partial charge in [-0.1, -0.05) is 6.07 Å².